The standard InChI is InChI=1S/C14H17N3O2S3/c1-22(18,19)14-16-15-13(21-14)10-17-8-2-4-11(17)6-7-12-5-3-9-20-12/h3,5-7,9,11H,2,4,8,10H2,1H3/b7-6+. The molecule has 1 fully saturated rings. The van der Waals surface area contributed by atoms with Crippen molar-refractivity contribution in [2.45, 2.75) is 29.8 Å². The highest BCUT2D eigenvalue weighted by atomic mass is 32.2. The third-order valence-electron chi connectivity index (χ3n) is 3.54. The second-order valence-corrected chi connectivity index (χ2v) is 9.52. The molecule has 0 N–H and O–H groups in total. The zero-order valence-corrected chi connectivity index (χ0v) is 14.6. The van der Waals surface area contributed by atoms with E-state index in [1.54, 1.807) is 11.3 Å². The van der Waals surface area contributed by atoms with Gasteiger partial charge >= 0.3 is 0 Å². The van der Waals surface area contributed by atoms with Crippen LogP contribution in [0.1, 0.15) is 22.7 Å². The third-order valence-corrected chi connectivity index (χ3v) is 6.96. The summed E-state index contributed by atoms with van der Waals surface area (Å²) in [6, 6.07) is 4.53. The minimum atomic E-state index is -3.26. The van der Waals surface area contributed by atoms with Crippen molar-refractivity contribution < 1.29 is 8.42 Å². The summed E-state index contributed by atoms with van der Waals surface area (Å²) < 4.78 is 23.0. The molecule has 2 aromatic heterocycles. The Balaban J connectivity index is 1.67. The first-order valence-corrected chi connectivity index (χ1v) is 10.6. The summed E-state index contributed by atoms with van der Waals surface area (Å²) in [6.45, 7) is 1.67. The van der Waals surface area contributed by atoms with E-state index < -0.39 is 9.84 Å². The predicted molar refractivity (Wildman–Crippen MR) is 89.8 cm³/mol. The molecular weight excluding hydrogens is 338 g/mol. The zero-order valence-electron chi connectivity index (χ0n) is 12.2. The molecule has 0 saturated carbocycles. The predicted octanol–water partition coefficient (Wildman–Crippen LogP) is 2.68. The quantitative estimate of drug-likeness (QED) is 0.825. The number of rotatable bonds is 5. The second kappa shape index (κ2) is 6.57. The van der Waals surface area contributed by atoms with Crippen molar-refractivity contribution in [3.05, 3.63) is 33.5 Å². The summed E-state index contributed by atoms with van der Waals surface area (Å²) in [5.74, 6) is 0. The first-order chi connectivity index (χ1) is 10.5. The fourth-order valence-electron chi connectivity index (χ4n) is 2.48. The molecule has 0 aliphatic carbocycles. The first-order valence-electron chi connectivity index (χ1n) is 7.00. The molecule has 5 nitrogen and oxygen atoms in total. The first kappa shape index (κ1) is 15.8. The molecular formula is C14H17N3O2S3. The van der Waals surface area contributed by atoms with Crippen LogP contribution in [0.15, 0.2) is 27.9 Å². The molecule has 8 heteroatoms. The average Bonchev–Trinajstić information content (AvgIpc) is 3.17. The van der Waals surface area contributed by atoms with E-state index in [1.807, 2.05) is 6.07 Å². The van der Waals surface area contributed by atoms with Crippen molar-refractivity contribution in [2.75, 3.05) is 12.8 Å². The molecule has 1 unspecified atom stereocenters. The van der Waals surface area contributed by atoms with Gasteiger partial charge in [0.2, 0.25) is 14.2 Å². The number of likely N-dealkylation sites (tertiary alicyclic amines) is 1. The SMILES string of the molecule is CS(=O)(=O)c1nnc(CN2CCCC2/C=C/c2cccs2)s1. The van der Waals surface area contributed by atoms with Crippen molar-refractivity contribution in [3.8, 4) is 0 Å². The van der Waals surface area contributed by atoms with Crippen molar-refractivity contribution in [1.82, 2.24) is 15.1 Å². The van der Waals surface area contributed by atoms with E-state index in [4.69, 9.17) is 0 Å². The topological polar surface area (TPSA) is 63.2 Å². The lowest BCUT2D eigenvalue weighted by Gasteiger charge is -2.19. The Hall–Kier alpha value is -1.09. The van der Waals surface area contributed by atoms with Gasteiger partial charge in [-0.1, -0.05) is 23.5 Å². The van der Waals surface area contributed by atoms with Gasteiger partial charge in [-0.25, -0.2) is 8.42 Å². The fourth-order valence-corrected chi connectivity index (χ4v) is 4.79. The summed E-state index contributed by atoms with van der Waals surface area (Å²) in [5.41, 5.74) is 0. The van der Waals surface area contributed by atoms with E-state index in [0.29, 0.717) is 12.6 Å². The fraction of sp³-hybridized carbons (Fsp3) is 0.429. The Bertz CT molecular complexity index is 750. The highest BCUT2D eigenvalue weighted by molar-refractivity contribution is 7.92. The number of thiophene rings is 1. The number of sulfone groups is 1. The van der Waals surface area contributed by atoms with Crippen LogP contribution in [0, 0.1) is 0 Å². The Morgan fingerprint density at radius 3 is 3.00 bits per heavy atom. The van der Waals surface area contributed by atoms with E-state index in [-0.39, 0.29) is 4.34 Å². The molecule has 1 atom stereocenters. The van der Waals surface area contributed by atoms with Crippen LogP contribution in [0.4, 0.5) is 0 Å². The molecule has 0 radical (unpaired) electrons. The van der Waals surface area contributed by atoms with Gasteiger partial charge in [-0.3, -0.25) is 4.90 Å². The van der Waals surface area contributed by atoms with Gasteiger partial charge in [-0.05, 0) is 36.9 Å². The molecule has 1 saturated heterocycles. The largest absolute Gasteiger partial charge is 0.290 e. The van der Waals surface area contributed by atoms with Crippen LogP contribution in [0.5, 0.6) is 0 Å². The van der Waals surface area contributed by atoms with Gasteiger partial charge in [0.1, 0.15) is 5.01 Å². The van der Waals surface area contributed by atoms with E-state index >= 15 is 0 Å². The van der Waals surface area contributed by atoms with Gasteiger partial charge in [-0.2, -0.15) is 0 Å². The molecule has 0 bridgehead atoms. The summed E-state index contributed by atoms with van der Waals surface area (Å²) in [6.07, 6.45) is 7.84. The van der Waals surface area contributed by atoms with Crippen molar-refractivity contribution >= 4 is 38.6 Å². The molecule has 1 aliphatic heterocycles. The molecule has 3 heterocycles. The Labute approximate surface area is 138 Å². The Morgan fingerprint density at radius 1 is 1.45 bits per heavy atom. The number of nitrogens with zero attached hydrogens (tertiary/aromatic N) is 3. The Kier molecular flexibility index (Phi) is 4.72. The maximum atomic E-state index is 11.5. The Morgan fingerprint density at radius 2 is 2.32 bits per heavy atom. The van der Waals surface area contributed by atoms with Crippen LogP contribution >= 0.6 is 22.7 Å². The monoisotopic (exact) mass is 355 g/mol. The van der Waals surface area contributed by atoms with E-state index in [9.17, 15) is 8.42 Å². The van der Waals surface area contributed by atoms with E-state index in [2.05, 4.69) is 38.7 Å². The van der Waals surface area contributed by atoms with E-state index in [0.717, 1.165) is 24.4 Å². The normalized spacial score (nSPS) is 20.1. The van der Waals surface area contributed by atoms with Gasteiger partial charge in [0.25, 0.3) is 0 Å². The lowest BCUT2D eigenvalue weighted by atomic mass is 10.2. The van der Waals surface area contributed by atoms with Gasteiger partial charge in [0, 0.05) is 17.2 Å². The highest BCUT2D eigenvalue weighted by Gasteiger charge is 2.24. The van der Waals surface area contributed by atoms with Gasteiger partial charge < -0.3 is 0 Å². The minimum absolute atomic E-state index is 0.104. The molecule has 1 aliphatic rings. The van der Waals surface area contributed by atoms with E-state index in [1.165, 1.54) is 22.5 Å². The summed E-state index contributed by atoms with van der Waals surface area (Å²) in [5, 5.41) is 10.6. The minimum Gasteiger partial charge on any atom is -0.290 e. The third kappa shape index (κ3) is 3.81. The van der Waals surface area contributed by atoms with Crippen LogP contribution in [0.25, 0.3) is 6.08 Å². The van der Waals surface area contributed by atoms with Crippen LogP contribution in [0.2, 0.25) is 0 Å². The van der Waals surface area contributed by atoms with Crippen LogP contribution in [-0.2, 0) is 16.4 Å². The van der Waals surface area contributed by atoms with Gasteiger partial charge in [0.05, 0.1) is 6.54 Å². The second-order valence-electron chi connectivity index (χ2n) is 5.29. The van der Waals surface area contributed by atoms with Crippen LogP contribution in [0.3, 0.4) is 0 Å². The van der Waals surface area contributed by atoms with Crippen molar-refractivity contribution in [3.63, 3.8) is 0 Å². The molecule has 118 valence electrons. The summed E-state index contributed by atoms with van der Waals surface area (Å²) in [7, 11) is -3.26. The maximum Gasteiger partial charge on any atom is 0.232 e. The van der Waals surface area contributed by atoms with Crippen molar-refractivity contribution in [2.24, 2.45) is 0 Å². The maximum absolute atomic E-state index is 11.5. The van der Waals surface area contributed by atoms with Crippen LogP contribution < -0.4 is 0 Å². The summed E-state index contributed by atoms with van der Waals surface area (Å²) >= 11 is 2.90. The molecule has 2 aromatic rings. The smallest absolute Gasteiger partial charge is 0.232 e. The number of hydrogen-bond acceptors (Lipinski definition) is 7. The molecule has 3 rings (SSSR count). The molecule has 0 aromatic carbocycles. The number of hydrogen-bond donors (Lipinski definition) is 0. The zero-order chi connectivity index (χ0) is 15.6. The van der Waals surface area contributed by atoms with Gasteiger partial charge in [0.15, 0.2) is 0 Å². The highest BCUT2D eigenvalue weighted by Crippen LogP contribution is 2.24. The lowest BCUT2D eigenvalue weighted by Crippen LogP contribution is -2.27. The molecule has 0 spiro atoms. The lowest BCUT2D eigenvalue weighted by molar-refractivity contribution is 0.281. The molecule has 0 amide bonds. The number of aromatic nitrogens is 2. The van der Waals surface area contributed by atoms with Gasteiger partial charge in [-0.15, -0.1) is 21.5 Å². The average molecular weight is 356 g/mol. The summed E-state index contributed by atoms with van der Waals surface area (Å²) in [4.78, 5) is 3.58. The van der Waals surface area contributed by atoms with Crippen molar-refractivity contribution in [1.29, 1.82) is 0 Å². The van der Waals surface area contributed by atoms with Crippen LogP contribution in [-0.4, -0.2) is 42.4 Å². The molecule has 22 heavy (non-hydrogen) atoms.